The molecule has 0 saturated heterocycles. The Morgan fingerprint density at radius 1 is 0.299 bits per heavy atom. The number of esters is 3. The van der Waals surface area contributed by atoms with Crippen molar-refractivity contribution in [1.82, 2.24) is 0 Å². The molecule has 6 heteroatoms. The quantitative estimate of drug-likeness (QED) is 0.0262. The van der Waals surface area contributed by atoms with E-state index in [-0.39, 0.29) is 50.4 Å². The molecule has 6 nitrogen and oxygen atoms in total. The molecule has 0 atom stereocenters. The van der Waals surface area contributed by atoms with E-state index in [4.69, 9.17) is 14.2 Å². The molecular formula is C61H96O6. The second kappa shape index (κ2) is 54.2. The zero-order valence-electron chi connectivity index (χ0n) is 42.9. The molecule has 0 aromatic carbocycles. The molecule has 0 aliphatic rings. The van der Waals surface area contributed by atoms with Crippen LogP contribution in [0.15, 0.2) is 134 Å². The van der Waals surface area contributed by atoms with Gasteiger partial charge in [-0.3, -0.25) is 14.4 Å². The Balaban J connectivity index is 4.65. The Kier molecular flexibility index (Phi) is 50.6. The summed E-state index contributed by atoms with van der Waals surface area (Å²) in [5, 5.41) is 0. The van der Waals surface area contributed by atoms with Crippen molar-refractivity contribution < 1.29 is 28.6 Å². The normalized spacial score (nSPS) is 12.8. The van der Waals surface area contributed by atoms with E-state index in [1.54, 1.807) is 0 Å². The predicted octanol–water partition coefficient (Wildman–Crippen LogP) is 17.9. The summed E-state index contributed by atoms with van der Waals surface area (Å²) in [6.07, 6.45) is 75.9. The second-order valence-corrected chi connectivity index (χ2v) is 17.1. The van der Waals surface area contributed by atoms with E-state index in [0.717, 1.165) is 77.0 Å². The topological polar surface area (TPSA) is 78.9 Å². The highest BCUT2D eigenvalue weighted by Gasteiger charge is 2.19. The van der Waals surface area contributed by atoms with Crippen LogP contribution in [0.2, 0.25) is 0 Å². The first-order chi connectivity index (χ1) is 33.0. The van der Waals surface area contributed by atoms with Crippen molar-refractivity contribution in [3.63, 3.8) is 0 Å². The SMILES string of the molecule is CCCCC/C=C\C/C=C\C/C=C\C/C=C\CCCC(=O)OCC(COC(=O)CCC/C=C\C/C=C\C/C=C\C/C=C\CCCCC)OC(=O)CCCC/C=C\C/C=C\C/C=C\CCCCC. The molecule has 376 valence electrons. The molecule has 0 aromatic rings. The Morgan fingerprint density at radius 2 is 0.537 bits per heavy atom. The maximum Gasteiger partial charge on any atom is 0.306 e. The van der Waals surface area contributed by atoms with E-state index >= 15 is 0 Å². The maximum atomic E-state index is 12.8. The average molecular weight is 925 g/mol. The number of hydrogen-bond acceptors (Lipinski definition) is 6. The summed E-state index contributed by atoms with van der Waals surface area (Å²) in [7, 11) is 0. The molecule has 67 heavy (non-hydrogen) atoms. The monoisotopic (exact) mass is 925 g/mol. The minimum Gasteiger partial charge on any atom is -0.462 e. The predicted molar refractivity (Wildman–Crippen MR) is 288 cm³/mol. The molecule has 0 saturated carbocycles. The molecule has 0 aliphatic carbocycles. The van der Waals surface area contributed by atoms with E-state index in [1.165, 1.54) is 77.0 Å². The van der Waals surface area contributed by atoms with Crippen molar-refractivity contribution in [3.8, 4) is 0 Å². The van der Waals surface area contributed by atoms with E-state index in [1.807, 2.05) is 0 Å². The third-order valence-electron chi connectivity index (χ3n) is 10.6. The first-order valence-electron chi connectivity index (χ1n) is 26.7. The van der Waals surface area contributed by atoms with Crippen molar-refractivity contribution in [1.29, 1.82) is 0 Å². The van der Waals surface area contributed by atoms with Gasteiger partial charge in [-0.25, -0.2) is 0 Å². The highest BCUT2D eigenvalue weighted by atomic mass is 16.6. The van der Waals surface area contributed by atoms with Crippen LogP contribution in [-0.4, -0.2) is 37.2 Å². The molecule has 0 unspecified atom stereocenters. The lowest BCUT2D eigenvalue weighted by molar-refractivity contribution is -0.167. The fraction of sp³-hybridized carbons (Fsp3) is 0.590. The molecule has 0 heterocycles. The Morgan fingerprint density at radius 3 is 0.821 bits per heavy atom. The Labute approximate surface area is 411 Å². The number of rotatable bonds is 46. The van der Waals surface area contributed by atoms with Crippen LogP contribution in [0.3, 0.4) is 0 Å². The van der Waals surface area contributed by atoms with Crippen LogP contribution in [0.1, 0.15) is 213 Å². The van der Waals surface area contributed by atoms with E-state index in [9.17, 15) is 14.4 Å². The van der Waals surface area contributed by atoms with Gasteiger partial charge < -0.3 is 14.2 Å². The lowest BCUT2D eigenvalue weighted by Crippen LogP contribution is -2.30. The summed E-state index contributed by atoms with van der Waals surface area (Å²) in [4.78, 5) is 38.0. The zero-order chi connectivity index (χ0) is 48.6. The summed E-state index contributed by atoms with van der Waals surface area (Å²) in [5.74, 6) is -1.10. The molecule has 0 spiro atoms. The second-order valence-electron chi connectivity index (χ2n) is 17.1. The van der Waals surface area contributed by atoms with Crippen LogP contribution in [0.5, 0.6) is 0 Å². The number of carbonyl (C=O) groups is 3. The molecule has 0 aromatic heterocycles. The summed E-state index contributed by atoms with van der Waals surface area (Å²) >= 11 is 0. The largest absolute Gasteiger partial charge is 0.462 e. The summed E-state index contributed by atoms with van der Waals surface area (Å²) in [6, 6.07) is 0. The molecular weight excluding hydrogens is 829 g/mol. The van der Waals surface area contributed by atoms with Gasteiger partial charge in [-0.1, -0.05) is 193 Å². The first kappa shape index (κ1) is 62.5. The van der Waals surface area contributed by atoms with Gasteiger partial charge in [-0.15, -0.1) is 0 Å². The van der Waals surface area contributed by atoms with Gasteiger partial charge in [0.1, 0.15) is 13.2 Å². The minimum absolute atomic E-state index is 0.144. The molecule has 0 aliphatic heterocycles. The number of hydrogen-bond donors (Lipinski definition) is 0. The van der Waals surface area contributed by atoms with E-state index in [2.05, 4.69) is 154 Å². The van der Waals surface area contributed by atoms with Crippen molar-refractivity contribution in [2.75, 3.05) is 13.2 Å². The summed E-state index contributed by atoms with van der Waals surface area (Å²) < 4.78 is 16.7. The lowest BCUT2D eigenvalue weighted by Gasteiger charge is -2.18. The molecule has 0 N–H and O–H groups in total. The van der Waals surface area contributed by atoms with Gasteiger partial charge in [0.15, 0.2) is 6.10 Å². The maximum absolute atomic E-state index is 12.8. The van der Waals surface area contributed by atoms with Crippen LogP contribution in [-0.2, 0) is 28.6 Å². The summed E-state index contributed by atoms with van der Waals surface area (Å²) in [6.45, 7) is 6.40. The van der Waals surface area contributed by atoms with Gasteiger partial charge in [0.05, 0.1) is 0 Å². The molecule has 0 fully saturated rings. The van der Waals surface area contributed by atoms with Crippen LogP contribution in [0, 0.1) is 0 Å². The zero-order valence-corrected chi connectivity index (χ0v) is 42.9. The van der Waals surface area contributed by atoms with Gasteiger partial charge in [0, 0.05) is 19.3 Å². The third-order valence-corrected chi connectivity index (χ3v) is 10.6. The van der Waals surface area contributed by atoms with Crippen LogP contribution in [0.25, 0.3) is 0 Å². The average Bonchev–Trinajstić information content (AvgIpc) is 3.33. The number of allylic oxidation sites excluding steroid dienone is 22. The molecule has 0 rings (SSSR count). The van der Waals surface area contributed by atoms with Crippen LogP contribution >= 0.6 is 0 Å². The fourth-order valence-electron chi connectivity index (χ4n) is 6.55. The van der Waals surface area contributed by atoms with E-state index in [0.29, 0.717) is 19.3 Å². The lowest BCUT2D eigenvalue weighted by atomic mass is 10.1. The van der Waals surface area contributed by atoms with Crippen molar-refractivity contribution in [3.05, 3.63) is 134 Å². The minimum atomic E-state index is -0.847. The number of ether oxygens (including phenoxy) is 3. The number of carbonyl (C=O) groups excluding carboxylic acids is 3. The fourth-order valence-corrected chi connectivity index (χ4v) is 6.55. The van der Waals surface area contributed by atoms with Gasteiger partial charge in [0.2, 0.25) is 0 Å². The van der Waals surface area contributed by atoms with Crippen LogP contribution in [0.4, 0.5) is 0 Å². The Hall–Kier alpha value is -4.45. The molecule has 0 bridgehead atoms. The highest BCUT2D eigenvalue weighted by molar-refractivity contribution is 5.71. The van der Waals surface area contributed by atoms with Gasteiger partial charge in [-0.05, 0) is 135 Å². The van der Waals surface area contributed by atoms with Gasteiger partial charge in [-0.2, -0.15) is 0 Å². The van der Waals surface area contributed by atoms with Gasteiger partial charge in [0.25, 0.3) is 0 Å². The third kappa shape index (κ3) is 52.4. The van der Waals surface area contributed by atoms with Crippen molar-refractivity contribution in [2.45, 2.75) is 219 Å². The standard InChI is InChI=1S/C61H96O6/c1-4-7-10-13-16-19-22-25-28-30-33-35-38-41-44-47-50-53-59(62)65-56-58(67-61(64)55-52-49-46-43-40-37-32-27-24-21-18-15-12-9-6-3)57-66-60(63)54-51-48-45-42-39-36-34-31-29-26-23-20-17-14-11-8-5-2/h16-21,25-29,32-36,40-45,58H,4-15,22-24,30-31,37-39,46-57H2,1-3H3/b19-16-,20-17-,21-18-,28-25-,29-26-,32-27-,35-33-,36-34-,43-40-,44-41-,45-42-. The highest BCUT2D eigenvalue weighted by Crippen LogP contribution is 2.10. The first-order valence-corrected chi connectivity index (χ1v) is 26.7. The van der Waals surface area contributed by atoms with Crippen LogP contribution < -0.4 is 0 Å². The molecule has 0 radical (unpaired) electrons. The van der Waals surface area contributed by atoms with Gasteiger partial charge >= 0.3 is 17.9 Å². The smallest absolute Gasteiger partial charge is 0.306 e. The van der Waals surface area contributed by atoms with Crippen molar-refractivity contribution in [2.24, 2.45) is 0 Å². The Bertz CT molecular complexity index is 1400. The van der Waals surface area contributed by atoms with E-state index < -0.39 is 6.10 Å². The summed E-state index contributed by atoms with van der Waals surface area (Å²) in [5.41, 5.74) is 0. The number of unbranched alkanes of at least 4 members (excludes halogenated alkanes) is 13. The van der Waals surface area contributed by atoms with Crippen molar-refractivity contribution >= 4 is 17.9 Å². The molecule has 0 amide bonds.